The van der Waals surface area contributed by atoms with Crippen LogP contribution >= 0.6 is 12.2 Å². The first-order valence-electron chi connectivity index (χ1n) is 9.27. The summed E-state index contributed by atoms with van der Waals surface area (Å²) in [6.45, 7) is 0.595. The number of halogens is 1. The van der Waals surface area contributed by atoms with Crippen molar-refractivity contribution < 1.29 is 19.0 Å². The summed E-state index contributed by atoms with van der Waals surface area (Å²) in [5.74, 6) is 0.387. The van der Waals surface area contributed by atoms with Crippen LogP contribution in [-0.4, -0.2) is 35.4 Å². The van der Waals surface area contributed by atoms with Gasteiger partial charge in [0.2, 0.25) is 5.88 Å². The molecular formula is C21H20FN3O4S. The summed E-state index contributed by atoms with van der Waals surface area (Å²) >= 11 is 5.25. The Hall–Kier alpha value is -3.17. The number of nitrogens with one attached hydrogen (secondary N) is 2. The van der Waals surface area contributed by atoms with E-state index in [0.717, 1.165) is 17.5 Å². The summed E-state index contributed by atoms with van der Waals surface area (Å²) in [5.41, 5.74) is 1.81. The molecule has 9 heteroatoms. The molecule has 30 heavy (non-hydrogen) atoms. The van der Waals surface area contributed by atoms with Gasteiger partial charge in [0.05, 0.1) is 31.5 Å². The number of ether oxygens (including phenoxy) is 2. The zero-order chi connectivity index (χ0) is 21.4. The average Bonchev–Trinajstić information content (AvgIpc) is 2.73. The van der Waals surface area contributed by atoms with E-state index in [1.807, 2.05) is 6.07 Å². The maximum atomic E-state index is 13.3. The molecule has 0 fully saturated rings. The lowest BCUT2D eigenvalue weighted by Crippen LogP contribution is -2.35. The minimum Gasteiger partial charge on any atom is -0.494 e. The van der Waals surface area contributed by atoms with Crippen molar-refractivity contribution in [3.8, 4) is 23.1 Å². The molecule has 0 saturated carbocycles. The van der Waals surface area contributed by atoms with Gasteiger partial charge < -0.3 is 19.9 Å². The normalized spacial score (nSPS) is 15.5. The molecule has 1 aliphatic rings. The number of H-pyrrole nitrogens is 1. The van der Waals surface area contributed by atoms with Crippen molar-refractivity contribution in [2.45, 2.75) is 12.5 Å². The number of methoxy groups -OCH3 is 2. The van der Waals surface area contributed by atoms with Gasteiger partial charge in [-0.15, -0.1) is 0 Å². The Bertz CT molecular complexity index is 1220. The van der Waals surface area contributed by atoms with E-state index in [2.05, 4.69) is 10.3 Å². The number of hydrogen-bond donors (Lipinski definition) is 3. The highest BCUT2D eigenvalue weighted by Gasteiger charge is 2.30. The minimum absolute atomic E-state index is 0.0104. The highest BCUT2D eigenvalue weighted by atomic mass is 32.1. The van der Waals surface area contributed by atoms with E-state index in [4.69, 9.17) is 21.7 Å². The summed E-state index contributed by atoms with van der Waals surface area (Å²) in [4.78, 5) is 15.4. The van der Waals surface area contributed by atoms with Crippen LogP contribution in [0.1, 0.15) is 22.7 Å². The Morgan fingerprint density at radius 1 is 1.17 bits per heavy atom. The van der Waals surface area contributed by atoms with Crippen molar-refractivity contribution in [3.63, 3.8) is 0 Å². The van der Waals surface area contributed by atoms with Gasteiger partial charge in [0.1, 0.15) is 5.82 Å². The number of rotatable bonds is 4. The first-order chi connectivity index (χ1) is 14.4. The maximum absolute atomic E-state index is 13.3. The van der Waals surface area contributed by atoms with Gasteiger partial charge in [-0.25, -0.2) is 4.39 Å². The first kappa shape index (κ1) is 20.1. The molecule has 0 bridgehead atoms. The summed E-state index contributed by atoms with van der Waals surface area (Å²) in [6.07, 6.45) is 0.724. The fourth-order valence-electron chi connectivity index (χ4n) is 3.77. The van der Waals surface area contributed by atoms with E-state index >= 15 is 0 Å². The topological polar surface area (TPSA) is 88.5 Å². The van der Waals surface area contributed by atoms with Crippen LogP contribution in [0.5, 0.6) is 17.4 Å². The maximum Gasteiger partial charge on any atom is 0.260 e. The van der Waals surface area contributed by atoms with Crippen LogP contribution < -0.4 is 20.3 Å². The Morgan fingerprint density at radius 3 is 2.50 bits per heavy atom. The van der Waals surface area contributed by atoms with Crippen molar-refractivity contribution in [1.29, 1.82) is 0 Å². The molecule has 0 spiro atoms. The summed E-state index contributed by atoms with van der Waals surface area (Å²) in [7, 11) is 3.10. The van der Waals surface area contributed by atoms with Gasteiger partial charge in [0.15, 0.2) is 16.3 Å². The molecule has 0 radical (unpaired) electrons. The van der Waals surface area contributed by atoms with Crippen LogP contribution in [0.2, 0.25) is 0 Å². The zero-order valence-electron chi connectivity index (χ0n) is 16.4. The average molecular weight is 429 g/mol. The lowest BCUT2D eigenvalue weighted by Gasteiger charge is -2.29. The Labute approximate surface area is 176 Å². The number of nitrogens with zero attached hydrogens (tertiary/aromatic N) is 1. The molecule has 0 aliphatic carbocycles. The Balaban J connectivity index is 1.93. The predicted octanol–water partition coefficient (Wildman–Crippen LogP) is 2.99. The van der Waals surface area contributed by atoms with Crippen molar-refractivity contribution in [2.24, 2.45) is 0 Å². The fraction of sp³-hybridized carbons (Fsp3) is 0.238. The first-order valence-corrected chi connectivity index (χ1v) is 9.67. The highest BCUT2D eigenvalue weighted by molar-refractivity contribution is 7.71. The summed E-state index contributed by atoms with van der Waals surface area (Å²) < 4.78 is 25.5. The van der Waals surface area contributed by atoms with Crippen molar-refractivity contribution >= 4 is 12.2 Å². The predicted molar refractivity (Wildman–Crippen MR) is 112 cm³/mol. The van der Waals surface area contributed by atoms with Crippen molar-refractivity contribution in [2.75, 3.05) is 20.8 Å². The molecule has 0 saturated heterocycles. The van der Waals surface area contributed by atoms with Crippen LogP contribution in [-0.2, 0) is 6.42 Å². The van der Waals surface area contributed by atoms with Gasteiger partial charge >= 0.3 is 0 Å². The smallest absolute Gasteiger partial charge is 0.260 e. The van der Waals surface area contributed by atoms with E-state index in [9.17, 15) is 14.3 Å². The second-order valence-electron chi connectivity index (χ2n) is 6.85. The molecule has 3 N–H and O–H groups in total. The number of aromatic amines is 1. The molecule has 0 amide bonds. The molecule has 2 aromatic carbocycles. The van der Waals surface area contributed by atoms with E-state index < -0.39 is 17.4 Å². The third-order valence-corrected chi connectivity index (χ3v) is 5.48. The number of hydrogen-bond acceptors (Lipinski definition) is 6. The number of benzene rings is 2. The van der Waals surface area contributed by atoms with Gasteiger partial charge in [-0.1, -0.05) is 0 Å². The molecule has 156 valence electrons. The van der Waals surface area contributed by atoms with Crippen molar-refractivity contribution in [1.82, 2.24) is 14.9 Å². The van der Waals surface area contributed by atoms with Gasteiger partial charge in [0.25, 0.3) is 5.56 Å². The van der Waals surface area contributed by atoms with Crippen LogP contribution in [0.15, 0.2) is 41.2 Å². The number of fused-ring (bicyclic) bond motifs is 1. The summed E-state index contributed by atoms with van der Waals surface area (Å²) in [6, 6.07) is 8.54. The molecule has 4 rings (SSSR count). The molecule has 3 aromatic rings. The van der Waals surface area contributed by atoms with E-state index in [-0.39, 0.29) is 16.2 Å². The zero-order valence-corrected chi connectivity index (χ0v) is 17.2. The number of aromatic hydroxyl groups is 1. The third-order valence-electron chi connectivity index (χ3n) is 5.19. The van der Waals surface area contributed by atoms with E-state index in [1.165, 1.54) is 35.9 Å². The fourth-order valence-corrected chi connectivity index (χ4v) is 4.05. The van der Waals surface area contributed by atoms with Gasteiger partial charge in [0, 0.05) is 6.54 Å². The van der Waals surface area contributed by atoms with E-state index in [1.54, 1.807) is 13.2 Å². The minimum atomic E-state index is -0.598. The highest BCUT2D eigenvalue weighted by Crippen LogP contribution is 2.38. The second kappa shape index (κ2) is 7.92. The lowest BCUT2D eigenvalue weighted by atomic mass is 9.90. The molecule has 1 aliphatic heterocycles. The van der Waals surface area contributed by atoms with Gasteiger partial charge in [-0.05, 0) is 66.2 Å². The lowest BCUT2D eigenvalue weighted by molar-refractivity contribution is 0.352. The molecule has 1 atom stereocenters. The van der Waals surface area contributed by atoms with Gasteiger partial charge in [-0.2, -0.15) is 0 Å². The Morgan fingerprint density at radius 2 is 1.83 bits per heavy atom. The largest absolute Gasteiger partial charge is 0.494 e. The quantitative estimate of drug-likeness (QED) is 0.553. The van der Waals surface area contributed by atoms with Crippen LogP contribution in [0.25, 0.3) is 5.69 Å². The molecule has 0 unspecified atom stereocenters. The van der Waals surface area contributed by atoms with E-state index in [0.29, 0.717) is 23.7 Å². The van der Waals surface area contributed by atoms with Crippen molar-refractivity contribution in [3.05, 3.63) is 74.0 Å². The third kappa shape index (κ3) is 3.35. The standard InChI is InChI=1S/C21H20FN3O4S/c1-28-15-9-11-7-8-23-18(14(11)10-16(15)29-2)17-19(26)24-21(30)25(20(17)27)13-5-3-12(22)4-6-13/h3-6,9-10,18,23,27H,7-8H2,1-2H3,(H,24,26,30)/t18-/m1/s1. The molecular weight excluding hydrogens is 409 g/mol. The second-order valence-corrected chi connectivity index (χ2v) is 7.24. The molecule has 7 nitrogen and oxygen atoms in total. The van der Waals surface area contributed by atoms with Crippen LogP contribution in [0, 0.1) is 10.6 Å². The van der Waals surface area contributed by atoms with Crippen LogP contribution in [0.3, 0.4) is 0 Å². The molecule has 1 aromatic heterocycles. The monoisotopic (exact) mass is 429 g/mol. The van der Waals surface area contributed by atoms with Crippen LogP contribution in [0.4, 0.5) is 4.39 Å². The van der Waals surface area contributed by atoms with Gasteiger partial charge in [-0.3, -0.25) is 14.3 Å². The SMILES string of the molecule is COc1cc2c(cc1OC)[C@H](c1c(O)n(-c3ccc(F)cc3)c(=S)[nH]c1=O)NCC2. The Kier molecular flexibility index (Phi) is 5.31. The number of aromatic nitrogens is 2. The summed E-state index contributed by atoms with van der Waals surface area (Å²) in [5, 5.41) is 14.4. The molecule has 2 heterocycles.